The van der Waals surface area contributed by atoms with Crippen molar-refractivity contribution >= 4 is 11.6 Å². The molecule has 0 saturated heterocycles. The fraction of sp³-hybridized carbons (Fsp3) is 0.481. The monoisotopic (exact) mass is 408 g/mol. The van der Waals surface area contributed by atoms with Gasteiger partial charge >= 0.3 is 0 Å². The number of unbranched alkanes of at least 4 members (excludes halogenated alkanes) is 2. The number of Topliss-reactive ketones (excluding diaryl/α,β-unsaturated/α-hetero) is 2. The molecule has 0 amide bonds. The lowest BCUT2D eigenvalue weighted by Gasteiger charge is -2.24. The first-order chi connectivity index (χ1) is 14.5. The molecule has 2 rings (SSSR count). The third-order valence-electron chi connectivity index (χ3n) is 5.81. The van der Waals surface area contributed by atoms with Crippen LogP contribution < -0.4 is 0 Å². The third kappa shape index (κ3) is 6.55. The van der Waals surface area contributed by atoms with Gasteiger partial charge < -0.3 is 4.74 Å². The van der Waals surface area contributed by atoms with Crippen LogP contribution in [-0.2, 0) is 20.9 Å². The number of rotatable bonds is 14. The Morgan fingerprint density at radius 1 is 1.10 bits per heavy atom. The molecule has 1 aromatic carbocycles. The molecule has 162 valence electrons. The maximum absolute atomic E-state index is 13.4. The molecule has 0 fully saturated rings. The maximum atomic E-state index is 13.4. The lowest BCUT2D eigenvalue weighted by atomic mass is 9.78. The van der Waals surface area contributed by atoms with Gasteiger partial charge in [-0.05, 0) is 55.1 Å². The van der Waals surface area contributed by atoms with Crippen LogP contribution in [0.15, 0.2) is 67.0 Å². The zero-order valence-corrected chi connectivity index (χ0v) is 18.6. The van der Waals surface area contributed by atoms with E-state index in [1.165, 1.54) is 0 Å². The van der Waals surface area contributed by atoms with E-state index >= 15 is 0 Å². The SMILES string of the molecule is C=CCCCCC(=O)C[C@@H]1C(=O)C(OCc2ccccc2)=C(CCC=C)[C@H]1C(C)C. The van der Waals surface area contributed by atoms with Crippen LogP contribution in [0.3, 0.4) is 0 Å². The molecule has 0 bridgehead atoms. The molecule has 0 spiro atoms. The van der Waals surface area contributed by atoms with Gasteiger partial charge in [-0.2, -0.15) is 0 Å². The summed E-state index contributed by atoms with van der Waals surface area (Å²) in [4.78, 5) is 26.0. The maximum Gasteiger partial charge on any atom is 0.201 e. The van der Waals surface area contributed by atoms with Gasteiger partial charge in [0.05, 0.1) is 0 Å². The van der Waals surface area contributed by atoms with Crippen molar-refractivity contribution in [2.75, 3.05) is 0 Å². The molecule has 1 aromatic rings. The molecule has 0 unspecified atom stereocenters. The molecular weight excluding hydrogens is 372 g/mol. The zero-order chi connectivity index (χ0) is 21.9. The van der Waals surface area contributed by atoms with Gasteiger partial charge in [0.2, 0.25) is 5.78 Å². The van der Waals surface area contributed by atoms with Crippen LogP contribution in [-0.4, -0.2) is 11.6 Å². The van der Waals surface area contributed by atoms with Gasteiger partial charge in [0.25, 0.3) is 0 Å². The molecule has 1 aliphatic carbocycles. The summed E-state index contributed by atoms with van der Waals surface area (Å²) in [7, 11) is 0. The van der Waals surface area contributed by atoms with Gasteiger partial charge in [-0.25, -0.2) is 0 Å². The van der Waals surface area contributed by atoms with Crippen LogP contribution in [0.1, 0.15) is 64.4 Å². The summed E-state index contributed by atoms with van der Waals surface area (Å²) in [5, 5.41) is 0. The molecule has 0 radical (unpaired) electrons. The summed E-state index contributed by atoms with van der Waals surface area (Å²) in [6.45, 7) is 12.2. The first kappa shape index (κ1) is 23.9. The molecule has 3 nitrogen and oxygen atoms in total. The van der Waals surface area contributed by atoms with Crippen molar-refractivity contribution in [3.8, 4) is 0 Å². The summed E-state index contributed by atoms with van der Waals surface area (Å²) >= 11 is 0. The Labute approximate surface area is 181 Å². The molecule has 0 heterocycles. The standard InChI is InChI=1S/C27H36O3/c1-5-7-9-13-16-22(28)18-24-25(20(3)4)23(17-8-6-2)27(26(24)29)30-19-21-14-11-10-12-15-21/h5-6,10-12,14-15,20,24-25H,1-2,7-9,13,16-19H2,3-4H3/t24-,25+/m0/s1. The van der Waals surface area contributed by atoms with Crippen molar-refractivity contribution in [2.45, 2.75) is 65.4 Å². The van der Waals surface area contributed by atoms with Gasteiger partial charge in [-0.3, -0.25) is 9.59 Å². The molecule has 0 aromatic heterocycles. The predicted octanol–water partition coefficient (Wildman–Crippen LogP) is 6.60. The Morgan fingerprint density at radius 3 is 2.43 bits per heavy atom. The van der Waals surface area contributed by atoms with E-state index in [-0.39, 0.29) is 29.3 Å². The van der Waals surface area contributed by atoms with E-state index in [4.69, 9.17) is 4.74 Å². The second-order valence-electron chi connectivity index (χ2n) is 8.47. The van der Waals surface area contributed by atoms with Gasteiger partial charge in [0.1, 0.15) is 12.4 Å². The average molecular weight is 409 g/mol. The van der Waals surface area contributed by atoms with Crippen LogP contribution >= 0.6 is 0 Å². The molecule has 3 heteroatoms. The van der Waals surface area contributed by atoms with Crippen molar-refractivity contribution in [1.82, 2.24) is 0 Å². The summed E-state index contributed by atoms with van der Waals surface area (Å²) in [5.74, 6) is 0.690. The minimum absolute atomic E-state index is 0.00290. The topological polar surface area (TPSA) is 43.4 Å². The Bertz CT molecular complexity index is 758. The van der Waals surface area contributed by atoms with Crippen molar-refractivity contribution in [3.63, 3.8) is 0 Å². The molecular formula is C27H36O3. The highest BCUT2D eigenvalue weighted by molar-refractivity contribution is 6.01. The van der Waals surface area contributed by atoms with Crippen LogP contribution in [0.5, 0.6) is 0 Å². The van der Waals surface area contributed by atoms with Gasteiger partial charge in [-0.15, -0.1) is 13.2 Å². The largest absolute Gasteiger partial charge is 0.485 e. The Hall–Kier alpha value is -2.42. The number of benzene rings is 1. The van der Waals surface area contributed by atoms with E-state index in [0.29, 0.717) is 25.2 Å². The number of carbonyl (C=O) groups excluding carboxylic acids is 2. The fourth-order valence-corrected chi connectivity index (χ4v) is 4.36. The van der Waals surface area contributed by atoms with E-state index in [1.54, 1.807) is 0 Å². The normalized spacial score (nSPS) is 18.7. The highest BCUT2D eigenvalue weighted by atomic mass is 16.5. The number of ether oxygens (including phenoxy) is 1. The number of carbonyl (C=O) groups is 2. The molecule has 30 heavy (non-hydrogen) atoms. The van der Waals surface area contributed by atoms with E-state index in [2.05, 4.69) is 27.0 Å². The fourth-order valence-electron chi connectivity index (χ4n) is 4.36. The highest BCUT2D eigenvalue weighted by Gasteiger charge is 2.44. The van der Waals surface area contributed by atoms with Crippen molar-refractivity contribution in [3.05, 3.63) is 72.5 Å². The Kier molecular flexibility index (Phi) is 9.79. The molecule has 0 aliphatic heterocycles. The molecule has 0 saturated carbocycles. The second-order valence-corrected chi connectivity index (χ2v) is 8.47. The number of hydrogen-bond donors (Lipinski definition) is 0. The van der Waals surface area contributed by atoms with Crippen LogP contribution in [0.2, 0.25) is 0 Å². The van der Waals surface area contributed by atoms with Gasteiger partial charge in [0.15, 0.2) is 5.76 Å². The van der Waals surface area contributed by atoms with Crippen LogP contribution in [0, 0.1) is 17.8 Å². The van der Waals surface area contributed by atoms with Crippen molar-refractivity contribution in [1.29, 1.82) is 0 Å². The van der Waals surface area contributed by atoms with E-state index < -0.39 is 0 Å². The van der Waals surface area contributed by atoms with Crippen molar-refractivity contribution < 1.29 is 14.3 Å². The minimum Gasteiger partial charge on any atom is -0.485 e. The first-order valence-corrected chi connectivity index (χ1v) is 11.2. The van der Waals surface area contributed by atoms with Crippen LogP contribution in [0.4, 0.5) is 0 Å². The number of hydrogen-bond acceptors (Lipinski definition) is 3. The Balaban J connectivity index is 2.17. The quantitative estimate of drug-likeness (QED) is 0.257. The van der Waals surface area contributed by atoms with Gasteiger partial charge in [0, 0.05) is 18.8 Å². The lowest BCUT2D eigenvalue weighted by molar-refractivity contribution is -0.128. The Morgan fingerprint density at radius 2 is 1.80 bits per heavy atom. The summed E-state index contributed by atoms with van der Waals surface area (Å²) in [6, 6.07) is 9.88. The molecule has 1 aliphatic rings. The summed E-state index contributed by atoms with van der Waals surface area (Å²) in [5.41, 5.74) is 2.10. The van der Waals surface area contributed by atoms with Crippen LogP contribution in [0.25, 0.3) is 0 Å². The average Bonchev–Trinajstić information content (AvgIpc) is 2.99. The summed E-state index contributed by atoms with van der Waals surface area (Å²) < 4.78 is 6.09. The number of ketones is 2. The first-order valence-electron chi connectivity index (χ1n) is 11.2. The third-order valence-corrected chi connectivity index (χ3v) is 5.81. The van der Waals surface area contributed by atoms with Crippen molar-refractivity contribution in [2.24, 2.45) is 17.8 Å². The van der Waals surface area contributed by atoms with Gasteiger partial charge in [-0.1, -0.05) is 56.3 Å². The van der Waals surface area contributed by atoms with E-state index in [0.717, 1.165) is 43.2 Å². The minimum atomic E-state index is -0.303. The lowest BCUT2D eigenvalue weighted by Crippen LogP contribution is -2.25. The molecule has 0 N–H and O–H groups in total. The van der Waals surface area contributed by atoms with E-state index in [9.17, 15) is 9.59 Å². The number of allylic oxidation sites excluding steroid dienone is 4. The highest BCUT2D eigenvalue weighted by Crippen LogP contribution is 2.44. The summed E-state index contributed by atoms with van der Waals surface area (Å²) in [6.07, 6.45) is 8.90. The van der Waals surface area contributed by atoms with E-state index in [1.807, 2.05) is 42.5 Å². The molecule has 2 atom stereocenters. The smallest absolute Gasteiger partial charge is 0.201 e. The zero-order valence-electron chi connectivity index (χ0n) is 18.6. The predicted molar refractivity (Wildman–Crippen MR) is 123 cm³/mol. The second kappa shape index (κ2) is 12.3.